The lowest BCUT2D eigenvalue weighted by atomic mass is 10.2. The highest BCUT2D eigenvalue weighted by atomic mass is 32.2. The molecule has 0 saturated carbocycles. The van der Waals surface area contributed by atoms with Crippen molar-refractivity contribution in [2.75, 3.05) is 32.3 Å². The maximum Gasteiger partial charge on any atom is 0.309 e. The van der Waals surface area contributed by atoms with E-state index >= 15 is 0 Å². The molecule has 2 atom stereocenters. The molecule has 0 aromatic rings. The van der Waals surface area contributed by atoms with E-state index in [4.69, 9.17) is 4.74 Å². The molecule has 0 amide bonds. The fourth-order valence-corrected chi connectivity index (χ4v) is 1.88. The van der Waals surface area contributed by atoms with Gasteiger partial charge in [0, 0.05) is 18.6 Å². The van der Waals surface area contributed by atoms with Gasteiger partial charge < -0.3 is 14.6 Å². The van der Waals surface area contributed by atoms with Crippen LogP contribution in [0.5, 0.6) is 0 Å². The SMILES string of the molecule is COCC(O)CSCC(C)C(=O)OC. The van der Waals surface area contributed by atoms with Crippen LogP contribution < -0.4 is 0 Å². The summed E-state index contributed by atoms with van der Waals surface area (Å²) in [6.07, 6.45) is -0.463. The molecule has 0 aromatic carbocycles. The molecule has 0 aliphatic rings. The lowest BCUT2D eigenvalue weighted by Crippen LogP contribution is -2.19. The van der Waals surface area contributed by atoms with Crippen LogP contribution in [-0.4, -0.2) is 49.5 Å². The van der Waals surface area contributed by atoms with Crippen LogP contribution in [0.25, 0.3) is 0 Å². The van der Waals surface area contributed by atoms with Crippen LogP contribution in [0.4, 0.5) is 0 Å². The van der Waals surface area contributed by atoms with Gasteiger partial charge in [0.25, 0.3) is 0 Å². The summed E-state index contributed by atoms with van der Waals surface area (Å²) in [7, 11) is 2.92. The number of hydrogen-bond acceptors (Lipinski definition) is 5. The number of esters is 1. The van der Waals surface area contributed by atoms with Gasteiger partial charge in [-0.3, -0.25) is 4.79 Å². The van der Waals surface area contributed by atoms with Crippen LogP contribution in [-0.2, 0) is 14.3 Å². The summed E-state index contributed by atoms with van der Waals surface area (Å²) in [5, 5.41) is 9.30. The zero-order chi connectivity index (χ0) is 11.0. The van der Waals surface area contributed by atoms with E-state index in [1.165, 1.54) is 18.9 Å². The van der Waals surface area contributed by atoms with Gasteiger partial charge in [-0.2, -0.15) is 11.8 Å². The molecule has 0 heterocycles. The molecule has 2 unspecified atom stereocenters. The molecule has 0 saturated heterocycles. The summed E-state index contributed by atoms with van der Waals surface area (Å²) in [6, 6.07) is 0. The molecule has 0 fully saturated rings. The van der Waals surface area contributed by atoms with Gasteiger partial charge in [-0.05, 0) is 0 Å². The molecule has 84 valence electrons. The standard InChI is InChI=1S/C9H18O4S/c1-7(9(11)13-3)5-14-6-8(10)4-12-2/h7-8,10H,4-6H2,1-3H3. The molecular weight excluding hydrogens is 204 g/mol. The second-order valence-corrected chi connectivity index (χ2v) is 4.15. The van der Waals surface area contributed by atoms with Crippen LogP contribution in [0, 0.1) is 5.92 Å². The van der Waals surface area contributed by atoms with Gasteiger partial charge in [-0.25, -0.2) is 0 Å². The van der Waals surface area contributed by atoms with Crippen molar-refractivity contribution in [2.45, 2.75) is 13.0 Å². The molecule has 14 heavy (non-hydrogen) atoms. The molecular formula is C9H18O4S. The Kier molecular flexibility index (Phi) is 7.93. The van der Waals surface area contributed by atoms with E-state index in [9.17, 15) is 9.90 Å². The van der Waals surface area contributed by atoms with Crippen molar-refractivity contribution in [3.8, 4) is 0 Å². The third-order valence-electron chi connectivity index (χ3n) is 1.64. The number of rotatable bonds is 7. The van der Waals surface area contributed by atoms with Gasteiger partial charge in [0.15, 0.2) is 0 Å². The number of carbonyl (C=O) groups is 1. The molecule has 1 N–H and O–H groups in total. The van der Waals surface area contributed by atoms with Crippen LogP contribution in [0.15, 0.2) is 0 Å². The van der Waals surface area contributed by atoms with Gasteiger partial charge >= 0.3 is 5.97 Å². The van der Waals surface area contributed by atoms with Crippen LogP contribution in [0.3, 0.4) is 0 Å². The highest BCUT2D eigenvalue weighted by molar-refractivity contribution is 7.99. The second kappa shape index (κ2) is 8.08. The van der Waals surface area contributed by atoms with E-state index in [1.54, 1.807) is 7.11 Å². The van der Waals surface area contributed by atoms with Gasteiger partial charge in [-0.15, -0.1) is 0 Å². The molecule has 0 bridgehead atoms. The topological polar surface area (TPSA) is 55.8 Å². The van der Waals surface area contributed by atoms with Gasteiger partial charge in [0.05, 0.1) is 25.7 Å². The third-order valence-corrected chi connectivity index (χ3v) is 3.00. The molecule has 0 rings (SSSR count). The first-order valence-electron chi connectivity index (χ1n) is 4.44. The minimum absolute atomic E-state index is 0.125. The highest BCUT2D eigenvalue weighted by Crippen LogP contribution is 2.11. The van der Waals surface area contributed by atoms with E-state index in [0.29, 0.717) is 18.1 Å². The maximum absolute atomic E-state index is 11.0. The molecule has 4 nitrogen and oxygen atoms in total. The number of aliphatic hydroxyl groups is 1. The minimum Gasteiger partial charge on any atom is -0.469 e. The quantitative estimate of drug-likeness (QED) is 0.637. The van der Waals surface area contributed by atoms with E-state index in [1.807, 2.05) is 6.92 Å². The Hall–Kier alpha value is -0.260. The summed E-state index contributed by atoms with van der Waals surface area (Å²) >= 11 is 1.52. The summed E-state index contributed by atoms with van der Waals surface area (Å²) in [6.45, 7) is 2.14. The van der Waals surface area contributed by atoms with E-state index in [-0.39, 0.29) is 11.9 Å². The number of hydrogen-bond donors (Lipinski definition) is 1. The Balaban J connectivity index is 3.48. The molecule has 0 aliphatic carbocycles. The number of methoxy groups -OCH3 is 2. The smallest absolute Gasteiger partial charge is 0.309 e. The van der Waals surface area contributed by atoms with Crippen molar-refractivity contribution in [1.29, 1.82) is 0 Å². The molecule has 5 heteroatoms. The minimum atomic E-state index is -0.463. The Morgan fingerprint density at radius 2 is 2.07 bits per heavy atom. The van der Waals surface area contributed by atoms with Crippen molar-refractivity contribution >= 4 is 17.7 Å². The van der Waals surface area contributed by atoms with E-state index in [0.717, 1.165) is 0 Å². The van der Waals surface area contributed by atoms with Gasteiger partial charge in [0.1, 0.15) is 0 Å². The zero-order valence-corrected chi connectivity index (χ0v) is 9.67. The second-order valence-electron chi connectivity index (χ2n) is 3.07. The van der Waals surface area contributed by atoms with Crippen molar-refractivity contribution in [2.24, 2.45) is 5.92 Å². The number of carbonyl (C=O) groups excluding carboxylic acids is 1. The average Bonchev–Trinajstić information content (AvgIpc) is 2.16. The van der Waals surface area contributed by atoms with E-state index in [2.05, 4.69) is 4.74 Å². The number of ether oxygens (including phenoxy) is 2. The van der Waals surface area contributed by atoms with Crippen LogP contribution >= 0.6 is 11.8 Å². The first kappa shape index (κ1) is 13.7. The van der Waals surface area contributed by atoms with Crippen molar-refractivity contribution in [3.63, 3.8) is 0 Å². The molecule has 0 aliphatic heterocycles. The normalized spacial score (nSPS) is 14.9. The predicted octanol–water partition coefficient (Wildman–Crippen LogP) is 0.536. The maximum atomic E-state index is 11.0. The Morgan fingerprint density at radius 1 is 1.43 bits per heavy atom. The van der Waals surface area contributed by atoms with Crippen LogP contribution in [0.1, 0.15) is 6.92 Å². The third kappa shape index (κ3) is 6.23. The highest BCUT2D eigenvalue weighted by Gasteiger charge is 2.13. The molecule has 0 aromatic heterocycles. The molecule has 0 radical (unpaired) electrons. The average molecular weight is 222 g/mol. The molecule has 0 spiro atoms. The monoisotopic (exact) mass is 222 g/mol. The van der Waals surface area contributed by atoms with Crippen molar-refractivity contribution < 1.29 is 19.4 Å². The summed E-state index contributed by atoms with van der Waals surface area (Å²) < 4.78 is 9.35. The summed E-state index contributed by atoms with van der Waals surface area (Å²) in [4.78, 5) is 11.0. The number of aliphatic hydroxyl groups excluding tert-OH is 1. The lowest BCUT2D eigenvalue weighted by molar-refractivity contribution is -0.144. The number of thioether (sulfide) groups is 1. The summed E-state index contributed by atoms with van der Waals surface area (Å²) in [5.41, 5.74) is 0. The van der Waals surface area contributed by atoms with E-state index < -0.39 is 6.10 Å². The fraction of sp³-hybridized carbons (Fsp3) is 0.889. The fourth-order valence-electron chi connectivity index (χ4n) is 0.891. The lowest BCUT2D eigenvalue weighted by Gasteiger charge is -2.11. The largest absolute Gasteiger partial charge is 0.469 e. The first-order chi connectivity index (χ1) is 6.61. The first-order valence-corrected chi connectivity index (χ1v) is 5.59. The predicted molar refractivity (Wildman–Crippen MR) is 56.4 cm³/mol. The van der Waals surface area contributed by atoms with Crippen LogP contribution in [0.2, 0.25) is 0 Å². The Labute approximate surface area is 89.0 Å². The van der Waals surface area contributed by atoms with Gasteiger partial charge in [0.2, 0.25) is 0 Å². The zero-order valence-electron chi connectivity index (χ0n) is 8.86. The Bertz CT molecular complexity index is 163. The van der Waals surface area contributed by atoms with Gasteiger partial charge in [-0.1, -0.05) is 6.92 Å². The van der Waals surface area contributed by atoms with Crippen molar-refractivity contribution in [3.05, 3.63) is 0 Å². The Morgan fingerprint density at radius 3 is 2.57 bits per heavy atom. The van der Waals surface area contributed by atoms with Crippen molar-refractivity contribution in [1.82, 2.24) is 0 Å². The summed E-state index contributed by atoms with van der Waals surface area (Å²) in [5.74, 6) is 0.904.